The molecule has 0 aliphatic heterocycles. The van der Waals surface area contributed by atoms with Gasteiger partial charge < -0.3 is 9.16 Å². The van der Waals surface area contributed by atoms with Crippen LogP contribution in [0, 0.1) is 5.92 Å². The molecule has 0 N–H and O–H groups in total. The summed E-state index contributed by atoms with van der Waals surface area (Å²) in [6.45, 7) is 17.0. The van der Waals surface area contributed by atoms with Gasteiger partial charge in [0.1, 0.15) is 0 Å². The van der Waals surface area contributed by atoms with Gasteiger partial charge in [0.2, 0.25) is 0 Å². The molecule has 0 aliphatic rings. The van der Waals surface area contributed by atoms with Crippen LogP contribution in [0.25, 0.3) is 0 Å². The zero-order valence-electron chi connectivity index (χ0n) is 13.4. The van der Waals surface area contributed by atoms with Crippen LogP contribution in [0.15, 0.2) is 12.2 Å². The fourth-order valence-corrected chi connectivity index (χ4v) is 3.05. The van der Waals surface area contributed by atoms with Crippen molar-refractivity contribution in [3.8, 4) is 0 Å². The number of rotatable bonds is 9. The maximum absolute atomic E-state index is 11.4. The standard InChI is InChI=1S/C15H30O3Si/c1-8-17-15(16)11-13(4)9-10-14(12(2)3)18-19(5,6)7/h13-14H,2,8-11H2,1,3-7H3. The minimum Gasteiger partial charge on any atom is -0.466 e. The predicted molar refractivity (Wildman–Crippen MR) is 82.7 cm³/mol. The molecule has 0 radical (unpaired) electrons. The molecule has 3 nitrogen and oxygen atoms in total. The van der Waals surface area contributed by atoms with E-state index in [0.717, 1.165) is 18.4 Å². The van der Waals surface area contributed by atoms with Crippen molar-refractivity contribution < 1.29 is 14.0 Å². The number of carbonyl (C=O) groups excluding carboxylic acids is 1. The third-order valence-corrected chi connectivity index (χ3v) is 3.78. The van der Waals surface area contributed by atoms with Crippen LogP contribution in [0.2, 0.25) is 19.6 Å². The Bertz CT molecular complexity index is 294. The van der Waals surface area contributed by atoms with Crippen molar-refractivity contribution in [2.75, 3.05) is 6.61 Å². The Morgan fingerprint density at radius 3 is 2.26 bits per heavy atom. The van der Waals surface area contributed by atoms with Crippen molar-refractivity contribution in [3.05, 3.63) is 12.2 Å². The number of carbonyl (C=O) groups is 1. The number of esters is 1. The minimum atomic E-state index is -1.55. The quantitative estimate of drug-likeness (QED) is 0.363. The van der Waals surface area contributed by atoms with Gasteiger partial charge in [0.05, 0.1) is 12.7 Å². The lowest BCUT2D eigenvalue weighted by Gasteiger charge is -2.27. The van der Waals surface area contributed by atoms with Gasteiger partial charge in [-0.1, -0.05) is 19.1 Å². The number of hydrogen-bond acceptors (Lipinski definition) is 3. The van der Waals surface area contributed by atoms with Crippen molar-refractivity contribution in [2.45, 2.75) is 65.8 Å². The molecule has 0 saturated carbocycles. The van der Waals surface area contributed by atoms with Gasteiger partial charge >= 0.3 is 5.97 Å². The van der Waals surface area contributed by atoms with Gasteiger partial charge in [-0.25, -0.2) is 0 Å². The lowest BCUT2D eigenvalue weighted by Crippen LogP contribution is -2.32. The lowest BCUT2D eigenvalue weighted by molar-refractivity contribution is -0.144. The van der Waals surface area contributed by atoms with Crippen LogP contribution >= 0.6 is 0 Å². The van der Waals surface area contributed by atoms with Crippen molar-refractivity contribution in [3.63, 3.8) is 0 Å². The second kappa shape index (κ2) is 8.54. The van der Waals surface area contributed by atoms with Gasteiger partial charge in [-0.15, -0.1) is 0 Å². The fourth-order valence-electron chi connectivity index (χ4n) is 1.88. The summed E-state index contributed by atoms with van der Waals surface area (Å²) in [4.78, 5) is 11.4. The maximum Gasteiger partial charge on any atom is 0.306 e. The molecule has 0 rings (SSSR count). The first-order chi connectivity index (χ1) is 8.65. The van der Waals surface area contributed by atoms with E-state index < -0.39 is 8.32 Å². The number of hydrogen-bond donors (Lipinski definition) is 0. The van der Waals surface area contributed by atoms with Crippen LogP contribution in [-0.2, 0) is 14.0 Å². The molecule has 0 aromatic rings. The van der Waals surface area contributed by atoms with Crippen molar-refractivity contribution in [2.24, 2.45) is 5.92 Å². The highest BCUT2D eigenvalue weighted by atomic mass is 28.4. The highest BCUT2D eigenvalue weighted by Crippen LogP contribution is 2.21. The van der Waals surface area contributed by atoms with E-state index in [9.17, 15) is 4.79 Å². The molecule has 4 heteroatoms. The Labute approximate surface area is 119 Å². The maximum atomic E-state index is 11.4. The van der Waals surface area contributed by atoms with Gasteiger partial charge in [0, 0.05) is 6.42 Å². The molecule has 2 unspecified atom stereocenters. The van der Waals surface area contributed by atoms with E-state index in [1.807, 2.05) is 13.8 Å². The zero-order chi connectivity index (χ0) is 15.1. The molecule has 0 aromatic heterocycles. The predicted octanol–water partition coefficient (Wildman–Crippen LogP) is 4.15. The first-order valence-corrected chi connectivity index (χ1v) is 10.5. The molecular weight excluding hydrogens is 256 g/mol. The first kappa shape index (κ1) is 18.4. The van der Waals surface area contributed by atoms with Crippen LogP contribution in [0.1, 0.15) is 40.0 Å². The summed E-state index contributed by atoms with van der Waals surface area (Å²) in [5.41, 5.74) is 1.07. The van der Waals surface area contributed by atoms with E-state index >= 15 is 0 Å². The Kier molecular flexibility index (Phi) is 8.26. The average Bonchev–Trinajstić information content (AvgIpc) is 2.22. The zero-order valence-corrected chi connectivity index (χ0v) is 14.4. The molecule has 0 heterocycles. The summed E-state index contributed by atoms with van der Waals surface area (Å²) in [6, 6.07) is 0. The lowest BCUT2D eigenvalue weighted by atomic mass is 9.97. The Hall–Kier alpha value is -0.613. The molecular formula is C15H30O3Si. The Balaban J connectivity index is 4.18. The third kappa shape index (κ3) is 9.90. The average molecular weight is 286 g/mol. The molecule has 0 amide bonds. The highest BCUT2D eigenvalue weighted by Gasteiger charge is 2.22. The van der Waals surface area contributed by atoms with Crippen molar-refractivity contribution in [1.29, 1.82) is 0 Å². The minimum absolute atomic E-state index is 0.104. The van der Waals surface area contributed by atoms with Crippen LogP contribution in [-0.4, -0.2) is 27.0 Å². The molecule has 19 heavy (non-hydrogen) atoms. The molecule has 2 atom stereocenters. The molecule has 0 spiro atoms. The molecule has 112 valence electrons. The second-order valence-electron chi connectivity index (χ2n) is 6.26. The van der Waals surface area contributed by atoms with Gasteiger partial charge in [-0.3, -0.25) is 4.79 Å². The summed E-state index contributed by atoms with van der Waals surface area (Å²) in [6.07, 6.45) is 2.50. The van der Waals surface area contributed by atoms with E-state index in [1.165, 1.54) is 0 Å². The van der Waals surface area contributed by atoms with E-state index in [1.54, 1.807) is 0 Å². The SMILES string of the molecule is C=C(C)C(CCC(C)CC(=O)OCC)O[Si](C)(C)C. The molecule has 0 saturated heterocycles. The van der Waals surface area contributed by atoms with Crippen LogP contribution < -0.4 is 0 Å². The summed E-state index contributed by atoms with van der Waals surface area (Å²) in [7, 11) is -1.55. The Morgan fingerprint density at radius 2 is 1.84 bits per heavy atom. The van der Waals surface area contributed by atoms with Crippen molar-refractivity contribution >= 4 is 14.3 Å². The van der Waals surface area contributed by atoms with Crippen LogP contribution in [0.4, 0.5) is 0 Å². The molecule has 0 bridgehead atoms. The summed E-state index contributed by atoms with van der Waals surface area (Å²) >= 11 is 0. The fraction of sp³-hybridized carbons (Fsp3) is 0.800. The van der Waals surface area contributed by atoms with Gasteiger partial charge in [0.25, 0.3) is 0 Å². The summed E-state index contributed by atoms with van der Waals surface area (Å²) < 4.78 is 11.1. The van der Waals surface area contributed by atoms with Crippen molar-refractivity contribution in [1.82, 2.24) is 0 Å². The van der Waals surface area contributed by atoms with E-state index in [0.29, 0.717) is 18.9 Å². The van der Waals surface area contributed by atoms with E-state index in [2.05, 4.69) is 33.1 Å². The van der Waals surface area contributed by atoms with Crippen LogP contribution in [0.3, 0.4) is 0 Å². The Morgan fingerprint density at radius 1 is 1.26 bits per heavy atom. The molecule has 0 aliphatic carbocycles. The number of ether oxygens (including phenoxy) is 1. The topological polar surface area (TPSA) is 35.5 Å². The van der Waals surface area contributed by atoms with Crippen LogP contribution in [0.5, 0.6) is 0 Å². The molecule has 0 aromatic carbocycles. The van der Waals surface area contributed by atoms with E-state index in [-0.39, 0.29) is 12.1 Å². The summed E-state index contributed by atoms with van der Waals surface area (Å²) in [5.74, 6) is 0.221. The summed E-state index contributed by atoms with van der Waals surface area (Å²) in [5, 5.41) is 0. The smallest absolute Gasteiger partial charge is 0.306 e. The monoisotopic (exact) mass is 286 g/mol. The van der Waals surface area contributed by atoms with Gasteiger partial charge in [-0.2, -0.15) is 0 Å². The van der Waals surface area contributed by atoms with Gasteiger partial charge in [-0.05, 0) is 52.2 Å². The normalized spacial score (nSPS) is 14.8. The van der Waals surface area contributed by atoms with Gasteiger partial charge in [0.15, 0.2) is 8.32 Å². The highest BCUT2D eigenvalue weighted by molar-refractivity contribution is 6.69. The largest absolute Gasteiger partial charge is 0.466 e. The van der Waals surface area contributed by atoms with E-state index in [4.69, 9.17) is 9.16 Å². The second-order valence-corrected chi connectivity index (χ2v) is 10.7. The first-order valence-electron chi connectivity index (χ1n) is 7.14. The molecule has 0 fully saturated rings. The third-order valence-electron chi connectivity index (χ3n) is 2.79.